The van der Waals surface area contributed by atoms with Crippen LogP contribution in [-0.2, 0) is 19.9 Å². The number of anilines is 1. The molecule has 1 aliphatic rings. The van der Waals surface area contributed by atoms with Crippen LogP contribution in [-0.4, -0.2) is 34.4 Å². The van der Waals surface area contributed by atoms with Gasteiger partial charge in [0.05, 0.1) is 16.4 Å². The molecule has 8 heteroatoms. The van der Waals surface area contributed by atoms with Crippen LogP contribution in [0, 0.1) is 0 Å². The van der Waals surface area contributed by atoms with Crippen molar-refractivity contribution in [2.24, 2.45) is 0 Å². The Morgan fingerprint density at radius 1 is 1.33 bits per heavy atom. The van der Waals surface area contributed by atoms with Gasteiger partial charge in [-0.1, -0.05) is 6.07 Å². The zero-order valence-electron chi connectivity index (χ0n) is 9.53. The first-order valence-corrected chi connectivity index (χ1v) is 8.67. The van der Waals surface area contributed by atoms with Gasteiger partial charge in [-0.3, -0.25) is 0 Å². The normalized spacial score (nSPS) is 23.0. The Morgan fingerprint density at radius 2 is 2.06 bits per heavy atom. The number of sulfone groups is 1. The van der Waals surface area contributed by atoms with E-state index in [-0.39, 0.29) is 16.4 Å². The van der Waals surface area contributed by atoms with E-state index in [1.807, 2.05) is 0 Å². The average Bonchev–Trinajstić information content (AvgIpc) is 2.57. The third-order valence-corrected chi connectivity index (χ3v) is 6.01. The maximum atomic E-state index is 12.0. The van der Waals surface area contributed by atoms with Crippen molar-refractivity contribution in [2.45, 2.75) is 17.4 Å². The molecule has 1 aromatic rings. The molecule has 6 nitrogen and oxygen atoms in total. The summed E-state index contributed by atoms with van der Waals surface area (Å²) in [5.74, 6) is -0.119. The maximum Gasteiger partial charge on any atom is 0.240 e. The van der Waals surface area contributed by atoms with Gasteiger partial charge in [0.15, 0.2) is 9.84 Å². The zero-order valence-corrected chi connectivity index (χ0v) is 11.2. The minimum absolute atomic E-state index is 0.0249. The van der Waals surface area contributed by atoms with Crippen LogP contribution in [0.4, 0.5) is 5.69 Å². The van der Waals surface area contributed by atoms with Crippen LogP contribution in [0.1, 0.15) is 6.42 Å². The van der Waals surface area contributed by atoms with E-state index in [2.05, 4.69) is 4.72 Å². The lowest BCUT2D eigenvalue weighted by molar-refractivity contribution is 0.562. The molecule has 1 atom stereocenters. The van der Waals surface area contributed by atoms with Crippen molar-refractivity contribution < 1.29 is 16.8 Å². The van der Waals surface area contributed by atoms with Gasteiger partial charge < -0.3 is 5.73 Å². The van der Waals surface area contributed by atoms with Gasteiger partial charge in [0.2, 0.25) is 10.0 Å². The molecule has 1 aromatic carbocycles. The monoisotopic (exact) mass is 290 g/mol. The lowest BCUT2D eigenvalue weighted by Gasteiger charge is -2.11. The SMILES string of the molecule is Nc1cccc(S(=O)(=O)NC2CCS(=O)(=O)C2)c1. The summed E-state index contributed by atoms with van der Waals surface area (Å²) in [5, 5.41) is 0. The van der Waals surface area contributed by atoms with Crippen LogP contribution < -0.4 is 10.5 Å². The maximum absolute atomic E-state index is 12.0. The van der Waals surface area contributed by atoms with Crippen molar-refractivity contribution in [1.82, 2.24) is 4.72 Å². The zero-order chi connectivity index (χ0) is 13.4. The Morgan fingerprint density at radius 3 is 2.61 bits per heavy atom. The summed E-state index contributed by atoms with van der Waals surface area (Å²) in [6.45, 7) is 0. The summed E-state index contributed by atoms with van der Waals surface area (Å²) >= 11 is 0. The third kappa shape index (κ3) is 3.01. The van der Waals surface area contributed by atoms with Gasteiger partial charge in [0.1, 0.15) is 0 Å². The number of hydrogen-bond acceptors (Lipinski definition) is 5. The lowest BCUT2D eigenvalue weighted by atomic mass is 10.3. The first kappa shape index (κ1) is 13.3. The van der Waals surface area contributed by atoms with E-state index >= 15 is 0 Å². The lowest BCUT2D eigenvalue weighted by Crippen LogP contribution is -2.35. The fourth-order valence-corrected chi connectivity index (χ4v) is 4.96. The highest BCUT2D eigenvalue weighted by Gasteiger charge is 2.31. The fourth-order valence-electron chi connectivity index (χ4n) is 1.86. The van der Waals surface area contributed by atoms with Gasteiger partial charge in [-0.2, -0.15) is 0 Å². The average molecular weight is 290 g/mol. The highest BCUT2D eigenvalue weighted by Crippen LogP contribution is 2.17. The summed E-state index contributed by atoms with van der Waals surface area (Å²) in [4.78, 5) is 0.0480. The Hall–Kier alpha value is -1.12. The molecular weight excluding hydrogens is 276 g/mol. The van der Waals surface area contributed by atoms with Crippen LogP contribution in [0.2, 0.25) is 0 Å². The Bertz CT molecular complexity index is 652. The predicted molar refractivity (Wildman–Crippen MR) is 68.2 cm³/mol. The summed E-state index contributed by atoms with van der Waals surface area (Å²) in [5.41, 5.74) is 5.86. The van der Waals surface area contributed by atoms with E-state index in [1.54, 1.807) is 6.07 Å². The van der Waals surface area contributed by atoms with Crippen LogP contribution >= 0.6 is 0 Å². The smallest absolute Gasteiger partial charge is 0.240 e. The molecular formula is C10H14N2O4S2. The molecule has 2 rings (SSSR count). The standard InChI is InChI=1S/C10H14N2O4S2/c11-8-2-1-3-10(6-8)18(15,16)12-9-4-5-17(13,14)7-9/h1-3,6,9,12H,4-5,7,11H2. The number of benzene rings is 1. The molecule has 0 amide bonds. The van der Waals surface area contributed by atoms with Crippen LogP contribution in [0.5, 0.6) is 0 Å². The minimum atomic E-state index is -3.71. The van der Waals surface area contributed by atoms with Crippen LogP contribution in [0.3, 0.4) is 0 Å². The van der Waals surface area contributed by atoms with Gasteiger partial charge in [-0.15, -0.1) is 0 Å². The molecule has 0 saturated carbocycles. The van der Waals surface area contributed by atoms with E-state index < -0.39 is 25.9 Å². The third-order valence-electron chi connectivity index (χ3n) is 2.72. The number of rotatable bonds is 3. The highest BCUT2D eigenvalue weighted by molar-refractivity contribution is 7.92. The molecule has 0 radical (unpaired) electrons. The highest BCUT2D eigenvalue weighted by atomic mass is 32.2. The summed E-state index contributed by atoms with van der Waals surface area (Å²) in [7, 11) is -6.82. The van der Waals surface area contributed by atoms with Crippen molar-refractivity contribution in [3.63, 3.8) is 0 Å². The van der Waals surface area contributed by atoms with Crippen LogP contribution in [0.15, 0.2) is 29.2 Å². The van der Waals surface area contributed by atoms with Gasteiger partial charge in [0, 0.05) is 11.7 Å². The van der Waals surface area contributed by atoms with Crippen molar-refractivity contribution in [1.29, 1.82) is 0 Å². The Balaban J connectivity index is 2.18. The molecule has 100 valence electrons. The number of nitrogen functional groups attached to an aromatic ring is 1. The van der Waals surface area contributed by atoms with Gasteiger partial charge >= 0.3 is 0 Å². The van der Waals surface area contributed by atoms with Crippen molar-refractivity contribution in [3.05, 3.63) is 24.3 Å². The van der Waals surface area contributed by atoms with E-state index in [1.165, 1.54) is 18.2 Å². The molecule has 0 aliphatic carbocycles. The molecule has 1 fully saturated rings. The Labute approximate surface area is 106 Å². The van der Waals surface area contributed by atoms with Gasteiger partial charge in [-0.25, -0.2) is 21.6 Å². The molecule has 18 heavy (non-hydrogen) atoms. The fraction of sp³-hybridized carbons (Fsp3) is 0.400. The molecule has 0 aromatic heterocycles. The number of sulfonamides is 1. The Kier molecular flexibility index (Phi) is 3.35. The second kappa shape index (κ2) is 4.52. The van der Waals surface area contributed by atoms with Crippen molar-refractivity contribution in [2.75, 3.05) is 17.2 Å². The number of hydrogen-bond donors (Lipinski definition) is 2. The first-order chi connectivity index (χ1) is 8.28. The molecule has 0 bridgehead atoms. The van der Waals surface area contributed by atoms with E-state index in [0.717, 1.165) is 0 Å². The summed E-state index contributed by atoms with van der Waals surface area (Å²) in [6.07, 6.45) is 0.309. The number of nitrogens with one attached hydrogen (secondary N) is 1. The summed E-state index contributed by atoms with van der Waals surface area (Å²) in [6, 6.07) is 5.32. The first-order valence-electron chi connectivity index (χ1n) is 5.37. The van der Waals surface area contributed by atoms with Crippen molar-refractivity contribution in [3.8, 4) is 0 Å². The molecule has 1 aliphatic heterocycles. The molecule has 1 saturated heterocycles. The second-order valence-electron chi connectivity index (χ2n) is 4.29. The molecule has 3 N–H and O–H groups in total. The van der Waals surface area contributed by atoms with Crippen LogP contribution in [0.25, 0.3) is 0 Å². The number of nitrogens with two attached hydrogens (primary N) is 1. The van der Waals surface area contributed by atoms with E-state index in [9.17, 15) is 16.8 Å². The molecule has 1 unspecified atom stereocenters. The second-order valence-corrected chi connectivity index (χ2v) is 8.24. The minimum Gasteiger partial charge on any atom is -0.399 e. The van der Waals surface area contributed by atoms with Gasteiger partial charge in [-0.05, 0) is 24.6 Å². The van der Waals surface area contributed by atoms with Crippen molar-refractivity contribution >= 4 is 25.5 Å². The predicted octanol–water partition coefficient (Wildman–Crippen LogP) is -0.266. The topological polar surface area (TPSA) is 106 Å². The largest absolute Gasteiger partial charge is 0.399 e. The molecule has 0 spiro atoms. The summed E-state index contributed by atoms with van der Waals surface area (Å²) < 4.78 is 48.9. The van der Waals surface area contributed by atoms with E-state index in [4.69, 9.17) is 5.73 Å². The van der Waals surface area contributed by atoms with E-state index in [0.29, 0.717) is 12.1 Å². The quantitative estimate of drug-likeness (QED) is 0.746. The molecule has 1 heterocycles. The van der Waals surface area contributed by atoms with Gasteiger partial charge in [0.25, 0.3) is 0 Å².